The second-order valence-electron chi connectivity index (χ2n) is 5.78. The molecule has 0 amide bonds. The number of piperidine rings is 1. The molecule has 1 aliphatic rings. The fourth-order valence-electron chi connectivity index (χ4n) is 2.68. The highest BCUT2D eigenvalue weighted by molar-refractivity contribution is 8.00. The van der Waals surface area contributed by atoms with E-state index in [2.05, 4.69) is 22.5 Å². The van der Waals surface area contributed by atoms with Crippen molar-refractivity contribution in [1.29, 1.82) is 0 Å². The van der Waals surface area contributed by atoms with E-state index < -0.39 is 5.97 Å². The van der Waals surface area contributed by atoms with Crippen LogP contribution in [0.4, 0.5) is 5.69 Å². The van der Waals surface area contributed by atoms with Crippen LogP contribution in [0.5, 0.6) is 0 Å². The third-order valence-corrected chi connectivity index (χ3v) is 5.95. The Bertz CT molecular complexity index is 631. The molecule has 0 spiro atoms. The normalized spacial score (nSPS) is 16.7. The Morgan fingerprint density at radius 2 is 2.12 bits per heavy atom. The number of carboxylic acid groups (broad SMARTS) is 1. The SMILES string of the molecule is Cc1cc(N2CCC(SC/C(N)=C(/NN)C(=O)O)CC2)ccc1Cl. The number of nitrogens with zero attached hydrogens (tertiary/aromatic N) is 1. The molecule has 6 N–H and O–H groups in total. The molecule has 0 saturated carbocycles. The van der Waals surface area contributed by atoms with E-state index >= 15 is 0 Å². The third kappa shape index (κ3) is 4.72. The minimum absolute atomic E-state index is 0.128. The molecule has 1 aromatic rings. The number of aliphatic carboxylic acids is 1. The zero-order valence-electron chi connectivity index (χ0n) is 13.6. The van der Waals surface area contributed by atoms with E-state index in [9.17, 15) is 4.79 Å². The Morgan fingerprint density at radius 1 is 1.46 bits per heavy atom. The summed E-state index contributed by atoms with van der Waals surface area (Å²) in [5.41, 5.74) is 10.4. The van der Waals surface area contributed by atoms with Crippen molar-refractivity contribution >= 4 is 35.0 Å². The molecule has 24 heavy (non-hydrogen) atoms. The van der Waals surface area contributed by atoms with Crippen LogP contribution in [-0.4, -0.2) is 35.2 Å². The van der Waals surface area contributed by atoms with Crippen LogP contribution in [0.25, 0.3) is 0 Å². The largest absolute Gasteiger partial charge is 0.476 e. The topological polar surface area (TPSA) is 105 Å². The fraction of sp³-hybridized carbons (Fsp3) is 0.438. The van der Waals surface area contributed by atoms with Gasteiger partial charge in [0.05, 0.1) is 5.70 Å². The number of carboxylic acids is 1. The molecule has 0 aromatic heterocycles. The van der Waals surface area contributed by atoms with Gasteiger partial charge in [-0.05, 0) is 43.5 Å². The molecule has 0 radical (unpaired) electrons. The molecule has 1 aromatic carbocycles. The molecule has 8 heteroatoms. The lowest BCUT2D eigenvalue weighted by atomic mass is 10.1. The van der Waals surface area contributed by atoms with E-state index in [4.69, 9.17) is 28.3 Å². The van der Waals surface area contributed by atoms with Crippen molar-refractivity contribution in [3.63, 3.8) is 0 Å². The zero-order chi connectivity index (χ0) is 17.7. The van der Waals surface area contributed by atoms with Gasteiger partial charge in [0, 0.05) is 34.8 Å². The molecular weight excluding hydrogens is 348 g/mol. The van der Waals surface area contributed by atoms with Gasteiger partial charge in [0.15, 0.2) is 5.70 Å². The van der Waals surface area contributed by atoms with Crippen molar-refractivity contribution in [2.24, 2.45) is 11.6 Å². The van der Waals surface area contributed by atoms with Crippen molar-refractivity contribution in [1.82, 2.24) is 5.43 Å². The molecule has 0 unspecified atom stereocenters. The number of benzene rings is 1. The first-order valence-corrected chi connectivity index (χ1v) is 9.16. The number of carbonyl (C=O) groups is 1. The summed E-state index contributed by atoms with van der Waals surface area (Å²) in [7, 11) is 0. The highest BCUT2D eigenvalue weighted by Gasteiger charge is 2.21. The molecule has 132 valence electrons. The second-order valence-corrected chi connectivity index (χ2v) is 7.48. The van der Waals surface area contributed by atoms with E-state index in [0.717, 1.165) is 36.5 Å². The van der Waals surface area contributed by atoms with E-state index in [1.807, 2.05) is 13.0 Å². The summed E-state index contributed by atoms with van der Waals surface area (Å²) in [6.07, 6.45) is 2.05. The third-order valence-electron chi connectivity index (χ3n) is 4.10. The fourth-order valence-corrected chi connectivity index (χ4v) is 3.90. The van der Waals surface area contributed by atoms with Crippen LogP contribution in [0.15, 0.2) is 29.6 Å². The van der Waals surface area contributed by atoms with Crippen molar-refractivity contribution in [2.75, 3.05) is 23.7 Å². The first kappa shape index (κ1) is 18.8. The number of nitrogens with one attached hydrogen (secondary N) is 1. The predicted molar refractivity (Wildman–Crippen MR) is 100 cm³/mol. The number of anilines is 1. The molecule has 0 aliphatic carbocycles. The Kier molecular flexibility index (Phi) is 6.65. The quantitative estimate of drug-likeness (QED) is 0.345. The Balaban J connectivity index is 1.87. The van der Waals surface area contributed by atoms with Crippen LogP contribution in [0.2, 0.25) is 5.02 Å². The minimum atomic E-state index is -1.14. The van der Waals surface area contributed by atoms with Crippen LogP contribution < -0.4 is 21.9 Å². The van der Waals surface area contributed by atoms with E-state index in [1.54, 1.807) is 11.8 Å². The Morgan fingerprint density at radius 3 is 2.67 bits per heavy atom. The zero-order valence-corrected chi connectivity index (χ0v) is 15.2. The maximum absolute atomic E-state index is 11.0. The van der Waals surface area contributed by atoms with Crippen molar-refractivity contribution < 1.29 is 9.90 Å². The van der Waals surface area contributed by atoms with Gasteiger partial charge in [-0.15, -0.1) is 0 Å². The minimum Gasteiger partial charge on any atom is -0.476 e. The summed E-state index contributed by atoms with van der Waals surface area (Å²) in [5.74, 6) is 4.51. The van der Waals surface area contributed by atoms with Crippen molar-refractivity contribution in [2.45, 2.75) is 25.0 Å². The Labute approximate surface area is 151 Å². The number of hydrogen-bond donors (Lipinski definition) is 4. The number of hydrogen-bond acceptors (Lipinski definition) is 6. The van der Waals surface area contributed by atoms with Gasteiger partial charge in [-0.2, -0.15) is 11.8 Å². The lowest BCUT2D eigenvalue weighted by Gasteiger charge is -2.33. The average molecular weight is 371 g/mol. The number of hydrazine groups is 1. The molecule has 1 heterocycles. The summed E-state index contributed by atoms with van der Waals surface area (Å²) in [6, 6.07) is 6.10. The number of rotatable bonds is 6. The number of thioether (sulfide) groups is 1. The van der Waals surface area contributed by atoms with Gasteiger partial charge in [0.1, 0.15) is 0 Å². The van der Waals surface area contributed by atoms with Crippen LogP contribution in [0.1, 0.15) is 18.4 Å². The first-order valence-electron chi connectivity index (χ1n) is 7.73. The average Bonchev–Trinajstić information content (AvgIpc) is 2.56. The van der Waals surface area contributed by atoms with Crippen molar-refractivity contribution in [3.8, 4) is 0 Å². The maximum atomic E-state index is 11.0. The van der Waals surface area contributed by atoms with Gasteiger partial charge in [0.25, 0.3) is 0 Å². The molecule has 1 fully saturated rings. The first-order chi connectivity index (χ1) is 11.4. The van der Waals surface area contributed by atoms with E-state index in [1.165, 1.54) is 5.69 Å². The molecule has 1 saturated heterocycles. The van der Waals surface area contributed by atoms with Crippen molar-refractivity contribution in [3.05, 3.63) is 40.2 Å². The van der Waals surface area contributed by atoms with Gasteiger partial charge in [-0.3, -0.25) is 5.84 Å². The highest BCUT2D eigenvalue weighted by atomic mass is 35.5. The lowest BCUT2D eigenvalue weighted by Crippen LogP contribution is -2.35. The monoisotopic (exact) mass is 370 g/mol. The van der Waals surface area contributed by atoms with E-state index in [0.29, 0.717) is 11.0 Å². The summed E-state index contributed by atoms with van der Waals surface area (Å²) < 4.78 is 0. The Hall–Kier alpha value is -1.57. The molecule has 6 nitrogen and oxygen atoms in total. The van der Waals surface area contributed by atoms with Gasteiger partial charge in [0.2, 0.25) is 0 Å². The van der Waals surface area contributed by atoms with Crippen LogP contribution in [0.3, 0.4) is 0 Å². The number of aryl methyl sites for hydroxylation is 1. The number of halogens is 1. The van der Waals surface area contributed by atoms with Gasteiger partial charge < -0.3 is 21.2 Å². The molecule has 0 atom stereocenters. The van der Waals surface area contributed by atoms with Crippen LogP contribution in [-0.2, 0) is 4.79 Å². The molecule has 1 aliphatic heterocycles. The number of nitrogens with two attached hydrogens (primary N) is 2. The summed E-state index contributed by atoms with van der Waals surface area (Å²) >= 11 is 7.76. The molecule has 2 rings (SSSR count). The van der Waals surface area contributed by atoms with Gasteiger partial charge in [-0.25, -0.2) is 4.79 Å². The lowest BCUT2D eigenvalue weighted by molar-refractivity contribution is -0.133. The summed E-state index contributed by atoms with van der Waals surface area (Å²) in [5, 5.41) is 10.2. The van der Waals surface area contributed by atoms with Gasteiger partial charge >= 0.3 is 5.97 Å². The van der Waals surface area contributed by atoms with Crippen LogP contribution in [0, 0.1) is 6.92 Å². The maximum Gasteiger partial charge on any atom is 0.355 e. The summed E-state index contributed by atoms with van der Waals surface area (Å²) in [4.78, 5) is 13.3. The van der Waals surface area contributed by atoms with E-state index in [-0.39, 0.29) is 11.4 Å². The van der Waals surface area contributed by atoms with Gasteiger partial charge in [-0.1, -0.05) is 11.6 Å². The smallest absolute Gasteiger partial charge is 0.355 e. The predicted octanol–water partition coefficient (Wildman–Crippen LogP) is 2.07. The highest BCUT2D eigenvalue weighted by Crippen LogP contribution is 2.29. The second kappa shape index (κ2) is 8.50. The molecule has 0 bridgehead atoms. The molecular formula is C16H23ClN4O2S. The summed E-state index contributed by atoms with van der Waals surface area (Å²) in [6.45, 7) is 3.93. The van der Waals surface area contributed by atoms with Crippen LogP contribution >= 0.6 is 23.4 Å². The standard InChI is InChI=1S/C16H23ClN4O2S/c1-10-8-11(2-3-13(10)17)21-6-4-12(5-7-21)24-9-14(18)15(20-19)16(22)23/h2-3,8,12,20H,4-7,9,18-19H2,1H3,(H,22,23)/b15-14-.